The number of nitrogen functional groups attached to an aromatic ring is 1. The lowest BCUT2D eigenvalue weighted by atomic mass is 9.99. The van der Waals surface area contributed by atoms with Crippen molar-refractivity contribution in [2.45, 2.75) is 37.3 Å². The summed E-state index contributed by atoms with van der Waals surface area (Å²) in [7, 11) is 1.62. The Morgan fingerprint density at radius 2 is 2.13 bits per heavy atom. The topological polar surface area (TPSA) is 155 Å². The van der Waals surface area contributed by atoms with Crippen molar-refractivity contribution in [1.29, 1.82) is 0 Å². The molecule has 7 N–H and O–H groups in total. The molecule has 1 unspecified atom stereocenters. The molecule has 1 aliphatic rings. The largest absolute Gasteiger partial charge is 0.497 e. The van der Waals surface area contributed by atoms with Crippen LogP contribution < -0.4 is 27.3 Å². The van der Waals surface area contributed by atoms with Gasteiger partial charge in [0.05, 0.1) is 18.8 Å². The molecule has 0 bridgehead atoms. The van der Waals surface area contributed by atoms with Gasteiger partial charge in [0.15, 0.2) is 11.5 Å². The van der Waals surface area contributed by atoms with Gasteiger partial charge in [0.25, 0.3) is 5.91 Å². The summed E-state index contributed by atoms with van der Waals surface area (Å²) in [5.41, 5.74) is 18.9. The maximum absolute atomic E-state index is 12.4. The van der Waals surface area contributed by atoms with Gasteiger partial charge in [-0.1, -0.05) is 12.1 Å². The molecule has 0 spiro atoms. The number of nitrogens with two attached hydrogens (primary N) is 3. The van der Waals surface area contributed by atoms with Crippen LogP contribution in [0.4, 0.5) is 5.82 Å². The smallest absolute Gasteiger partial charge is 0.278 e. The average molecular weight is 409 g/mol. The molecule has 0 radical (unpaired) electrons. The molecular formula is C21H27N7O2. The van der Waals surface area contributed by atoms with Gasteiger partial charge in [-0.05, 0) is 43.4 Å². The Hall–Kier alpha value is -3.46. The van der Waals surface area contributed by atoms with Gasteiger partial charge in [0.2, 0.25) is 0 Å². The number of carbonyl (C=O) groups is 1. The fourth-order valence-corrected chi connectivity index (χ4v) is 3.01. The molecule has 30 heavy (non-hydrogen) atoms. The van der Waals surface area contributed by atoms with Gasteiger partial charge in [-0.2, -0.15) is 0 Å². The van der Waals surface area contributed by atoms with Crippen LogP contribution in [0.1, 0.15) is 47.8 Å². The zero-order valence-electron chi connectivity index (χ0n) is 16.9. The number of hydrogen-bond donors (Lipinski definition) is 4. The number of aliphatic imine (C=N–C) groups is 1. The number of aromatic nitrogens is 2. The number of benzene rings is 1. The van der Waals surface area contributed by atoms with Crippen molar-refractivity contribution in [2.75, 3.05) is 12.8 Å². The van der Waals surface area contributed by atoms with E-state index in [0.29, 0.717) is 5.70 Å². The number of anilines is 1. The Labute approximate surface area is 175 Å². The Kier molecular flexibility index (Phi) is 6.63. The minimum atomic E-state index is -0.513. The highest BCUT2D eigenvalue weighted by molar-refractivity contribution is 6.00. The average Bonchev–Trinajstić information content (AvgIpc) is 3.50. The minimum absolute atomic E-state index is 0.0217. The summed E-state index contributed by atoms with van der Waals surface area (Å²) in [6, 6.07) is 7.58. The lowest BCUT2D eigenvalue weighted by Gasteiger charge is -2.17. The Morgan fingerprint density at radius 1 is 1.37 bits per heavy atom. The van der Waals surface area contributed by atoms with E-state index in [1.165, 1.54) is 24.8 Å². The number of methoxy groups -OCH3 is 1. The van der Waals surface area contributed by atoms with E-state index >= 15 is 0 Å². The molecular weight excluding hydrogens is 382 g/mol. The summed E-state index contributed by atoms with van der Waals surface area (Å²) >= 11 is 0. The Morgan fingerprint density at radius 3 is 2.80 bits per heavy atom. The van der Waals surface area contributed by atoms with Crippen LogP contribution in [0.2, 0.25) is 0 Å². The SMILES string of the molecule is COc1cccc(C(CCC2(N)CC2)N=C/C(=C\N)NC(=O)c2nccnc2N)c1. The molecule has 1 aliphatic carbocycles. The highest BCUT2D eigenvalue weighted by atomic mass is 16.5. The van der Waals surface area contributed by atoms with Crippen LogP contribution in [0.3, 0.4) is 0 Å². The molecule has 9 heteroatoms. The van der Waals surface area contributed by atoms with Gasteiger partial charge in [0.1, 0.15) is 5.75 Å². The summed E-state index contributed by atoms with van der Waals surface area (Å²) in [6.07, 6.45) is 9.29. The lowest BCUT2D eigenvalue weighted by molar-refractivity contribution is 0.0963. The van der Waals surface area contributed by atoms with E-state index in [-0.39, 0.29) is 23.1 Å². The Bertz CT molecular complexity index is 954. The van der Waals surface area contributed by atoms with Crippen LogP contribution >= 0.6 is 0 Å². The maximum Gasteiger partial charge on any atom is 0.278 e. The van der Waals surface area contributed by atoms with Crippen molar-refractivity contribution in [3.63, 3.8) is 0 Å². The zero-order valence-corrected chi connectivity index (χ0v) is 16.9. The lowest BCUT2D eigenvalue weighted by Crippen LogP contribution is -2.26. The van der Waals surface area contributed by atoms with Crippen molar-refractivity contribution in [3.8, 4) is 5.75 Å². The first-order chi connectivity index (χ1) is 14.4. The summed E-state index contributed by atoms with van der Waals surface area (Å²) in [6.45, 7) is 0. The number of amides is 1. The quantitative estimate of drug-likeness (QED) is 0.459. The van der Waals surface area contributed by atoms with Gasteiger partial charge >= 0.3 is 0 Å². The number of rotatable bonds is 9. The third-order valence-electron chi connectivity index (χ3n) is 5.06. The molecule has 2 aromatic rings. The van der Waals surface area contributed by atoms with E-state index in [1.807, 2.05) is 24.3 Å². The molecule has 1 aromatic heterocycles. The van der Waals surface area contributed by atoms with Crippen LogP contribution in [-0.2, 0) is 0 Å². The minimum Gasteiger partial charge on any atom is -0.497 e. The fraction of sp³-hybridized carbons (Fsp3) is 0.333. The van der Waals surface area contributed by atoms with Crippen molar-refractivity contribution >= 4 is 17.9 Å². The molecule has 9 nitrogen and oxygen atoms in total. The highest BCUT2D eigenvalue weighted by Crippen LogP contribution is 2.39. The molecule has 1 fully saturated rings. The summed E-state index contributed by atoms with van der Waals surface area (Å²) in [4.78, 5) is 24.9. The number of carbonyl (C=O) groups excluding carboxylic acids is 1. The first-order valence-electron chi connectivity index (χ1n) is 9.70. The van der Waals surface area contributed by atoms with E-state index in [4.69, 9.17) is 21.9 Å². The summed E-state index contributed by atoms with van der Waals surface area (Å²) in [5, 5.41) is 2.65. The van der Waals surface area contributed by atoms with Crippen molar-refractivity contribution in [1.82, 2.24) is 15.3 Å². The number of ether oxygens (including phenoxy) is 1. The van der Waals surface area contributed by atoms with Gasteiger partial charge in [0, 0.05) is 30.3 Å². The van der Waals surface area contributed by atoms with E-state index < -0.39 is 5.91 Å². The number of hydrogen-bond acceptors (Lipinski definition) is 8. The van der Waals surface area contributed by atoms with E-state index in [1.54, 1.807) is 7.11 Å². The second-order valence-electron chi connectivity index (χ2n) is 7.34. The third kappa shape index (κ3) is 5.54. The van der Waals surface area contributed by atoms with Crippen molar-refractivity contribution < 1.29 is 9.53 Å². The number of nitrogens with one attached hydrogen (secondary N) is 1. The summed E-state index contributed by atoms with van der Waals surface area (Å²) < 4.78 is 5.33. The molecule has 0 saturated heterocycles. The molecule has 1 amide bonds. The predicted octanol–water partition coefficient (Wildman–Crippen LogP) is 1.68. The van der Waals surface area contributed by atoms with Crippen molar-refractivity contribution in [2.24, 2.45) is 16.5 Å². The van der Waals surface area contributed by atoms with E-state index in [9.17, 15) is 4.79 Å². The Balaban J connectivity index is 1.75. The first-order valence-corrected chi connectivity index (χ1v) is 9.70. The molecule has 1 saturated carbocycles. The fourth-order valence-electron chi connectivity index (χ4n) is 3.01. The first kappa shape index (κ1) is 21.3. The van der Waals surface area contributed by atoms with Crippen LogP contribution in [0.25, 0.3) is 0 Å². The maximum atomic E-state index is 12.4. The van der Waals surface area contributed by atoms with Crippen LogP contribution in [0.15, 0.2) is 53.5 Å². The second-order valence-corrected chi connectivity index (χ2v) is 7.34. The van der Waals surface area contributed by atoms with Gasteiger partial charge in [-0.25, -0.2) is 9.97 Å². The van der Waals surface area contributed by atoms with Crippen LogP contribution in [0.5, 0.6) is 5.75 Å². The standard InChI is InChI=1S/C21H27N7O2/c1-30-16-4-2-3-14(11-16)17(5-6-21(24)7-8-21)27-13-15(12-22)28-20(29)18-19(23)26-10-9-25-18/h2-4,9-13,17H,5-8,22,24H2,1H3,(H2,23,26)(H,28,29)/b15-12+,27-13?. The van der Waals surface area contributed by atoms with Gasteiger partial charge in [-0.15, -0.1) is 0 Å². The van der Waals surface area contributed by atoms with E-state index in [0.717, 1.165) is 37.0 Å². The number of allylic oxidation sites excluding steroid dienone is 1. The third-order valence-corrected chi connectivity index (χ3v) is 5.06. The molecule has 158 valence electrons. The molecule has 1 aromatic carbocycles. The molecule has 0 aliphatic heterocycles. The van der Waals surface area contributed by atoms with Crippen LogP contribution in [-0.4, -0.2) is 34.7 Å². The van der Waals surface area contributed by atoms with Gasteiger partial charge < -0.3 is 27.3 Å². The van der Waals surface area contributed by atoms with Crippen LogP contribution in [0, 0.1) is 0 Å². The van der Waals surface area contributed by atoms with E-state index in [2.05, 4.69) is 20.3 Å². The summed E-state index contributed by atoms with van der Waals surface area (Å²) in [5.74, 6) is 0.276. The normalized spacial score (nSPS) is 16.3. The molecule has 3 rings (SSSR count). The number of nitrogens with zero attached hydrogens (tertiary/aromatic N) is 3. The molecule has 1 heterocycles. The zero-order chi connectivity index (χ0) is 21.6. The second kappa shape index (κ2) is 9.36. The van der Waals surface area contributed by atoms with Crippen molar-refractivity contribution in [3.05, 3.63) is 59.8 Å². The van der Waals surface area contributed by atoms with Gasteiger partial charge in [-0.3, -0.25) is 9.79 Å². The molecule has 1 atom stereocenters. The predicted molar refractivity (Wildman–Crippen MR) is 116 cm³/mol. The monoisotopic (exact) mass is 409 g/mol. The highest BCUT2D eigenvalue weighted by Gasteiger charge is 2.38.